The highest BCUT2D eigenvalue weighted by molar-refractivity contribution is 5.78. The summed E-state index contributed by atoms with van der Waals surface area (Å²) in [6, 6.07) is 14.4. The number of fused-ring (bicyclic) bond motifs is 1. The lowest BCUT2D eigenvalue weighted by Crippen LogP contribution is -2.46. The molecule has 1 saturated heterocycles. The first kappa shape index (κ1) is 17.7. The van der Waals surface area contributed by atoms with Crippen molar-refractivity contribution in [3.8, 4) is 0 Å². The van der Waals surface area contributed by atoms with Gasteiger partial charge in [-0.2, -0.15) is 0 Å². The molecule has 4 rings (SSSR count). The van der Waals surface area contributed by atoms with Crippen LogP contribution in [0.3, 0.4) is 0 Å². The Morgan fingerprint density at radius 2 is 2.07 bits per heavy atom. The molecule has 27 heavy (non-hydrogen) atoms. The first-order valence-corrected chi connectivity index (χ1v) is 9.34. The molecule has 1 aliphatic rings. The zero-order valence-electron chi connectivity index (χ0n) is 15.2. The molecule has 140 valence electrons. The number of benzene rings is 1. The summed E-state index contributed by atoms with van der Waals surface area (Å²) < 4.78 is 6.14. The average Bonchev–Trinajstić information content (AvgIpc) is 3.11. The summed E-state index contributed by atoms with van der Waals surface area (Å²) in [5.74, 6) is 0.626. The van der Waals surface area contributed by atoms with Crippen LogP contribution in [0.25, 0.3) is 11.0 Å². The van der Waals surface area contributed by atoms with Crippen LogP contribution < -0.4 is 11.1 Å². The maximum Gasteiger partial charge on any atom is 0.231 e. The molecule has 2 aromatic heterocycles. The quantitative estimate of drug-likeness (QED) is 0.702. The van der Waals surface area contributed by atoms with Crippen LogP contribution in [0.15, 0.2) is 59.3 Å². The van der Waals surface area contributed by atoms with Gasteiger partial charge in [0.25, 0.3) is 0 Å². The molecule has 6 heteroatoms. The van der Waals surface area contributed by atoms with E-state index in [0.29, 0.717) is 12.6 Å². The van der Waals surface area contributed by atoms with E-state index in [4.69, 9.17) is 10.2 Å². The lowest BCUT2D eigenvalue weighted by atomic mass is 10.00. The zero-order chi connectivity index (χ0) is 18.6. The SMILES string of the molecule is NC(=O)CN1CCC(N[C@@H](c2cccnc2)c2cc3ccccc3o2)CC1. The van der Waals surface area contributed by atoms with Gasteiger partial charge in [0.2, 0.25) is 5.91 Å². The lowest BCUT2D eigenvalue weighted by molar-refractivity contribution is -0.119. The van der Waals surface area contributed by atoms with E-state index in [1.165, 1.54) is 0 Å². The largest absolute Gasteiger partial charge is 0.459 e. The number of carbonyl (C=O) groups is 1. The first-order valence-electron chi connectivity index (χ1n) is 9.34. The number of hydrogen-bond acceptors (Lipinski definition) is 5. The molecule has 6 nitrogen and oxygen atoms in total. The molecule has 0 aliphatic carbocycles. The number of hydrogen-bond donors (Lipinski definition) is 2. The van der Waals surface area contributed by atoms with Crippen molar-refractivity contribution in [2.24, 2.45) is 5.73 Å². The Hall–Kier alpha value is -2.70. The monoisotopic (exact) mass is 364 g/mol. The highest BCUT2D eigenvalue weighted by atomic mass is 16.3. The van der Waals surface area contributed by atoms with Gasteiger partial charge < -0.3 is 15.5 Å². The summed E-state index contributed by atoms with van der Waals surface area (Å²) in [5.41, 5.74) is 7.28. The van der Waals surface area contributed by atoms with Gasteiger partial charge in [0, 0.05) is 36.9 Å². The minimum absolute atomic E-state index is 0.0567. The van der Waals surface area contributed by atoms with Crippen LogP contribution in [0.2, 0.25) is 0 Å². The number of furan rings is 1. The molecule has 1 fully saturated rings. The summed E-state index contributed by atoms with van der Waals surface area (Å²) in [6.07, 6.45) is 5.59. The van der Waals surface area contributed by atoms with E-state index in [9.17, 15) is 4.79 Å². The van der Waals surface area contributed by atoms with E-state index in [0.717, 1.165) is 48.2 Å². The summed E-state index contributed by atoms with van der Waals surface area (Å²) in [6.45, 7) is 2.06. The molecule has 1 aromatic carbocycles. The molecule has 3 aromatic rings. The first-order chi connectivity index (χ1) is 13.2. The molecule has 1 aliphatic heterocycles. The molecular formula is C21H24N4O2. The number of amides is 1. The number of piperidine rings is 1. The van der Waals surface area contributed by atoms with Crippen LogP contribution in [0.1, 0.15) is 30.2 Å². The molecule has 1 amide bonds. The van der Waals surface area contributed by atoms with Crippen molar-refractivity contribution >= 4 is 16.9 Å². The van der Waals surface area contributed by atoms with Crippen LogP contribution >= 0.6 is 0 Å². The average molecular weight is 364 g/mol. The second-order valence-corrected chi connectivity index (χ2v) is 7.09. The van der Waals surface area contributed by atoms with Crippen LogP contribution in [0.5, 0.6) is 0 Å². The second-order valence-electron chi connectivity index (χ2n) is 7.09. The maximum atomic E-state index is 11.1. The molecule has 0 saturated carbocycles. The zero-order valence-corrected chi connectivity index (χ0v) is 15.2. The van der Waals surface area contributed by atoms with Gasteiger partial charge in [-0.05, 0) is 36.6 Å². The molecule has 1 atom stereocenters. The van der Waals surface area contributed by atoms with Crippen molar-refractivity contribution in [2.45, 2.75) is 24.9 Å². The number of pyridine rings is 1. The second kappa shape index (κ2) is 7.90. The number of nitrogens with zero attached hydrogens (tertiary/aromatic N) is 2. The summed E-state index contributed by atoms with van der Waals surface area (Å²) in [4.78, 5) is 17.5. The number of likely N-dealkylation sites (tertiary alicyclic amines) is 1. The van der Waals surface area contributed by atoms with Gasteiger partial charge in [-0.25, -0.2) is 0 Å². The summed E-state index contributed by atoms with van der Waals surface area (Å²) in [5, 5.41) is 4.84. The topological polar surface area (TPSA) is 84.4 Å². The fraction of sp³-hybridized carbons (Fsp3) is 0.333. The minimum Gasteiger partial charge on any atom is -0.459 e. The number of carbonyl (C=O) groups excluding carboxylic acids is 1. The van der Waals surface area contributed by atoms with Crippen molar-refractivity contribution in [3.05, 3.63) is 66.2 Å². The van der Waals surface area contributed by atoms with E-state index >= 15 is 0 Å². The molecular weight excluding hydrogens is 340 g/mol. The number of primary amides is 1. The Kier molecular flexibility index (Phi) is 5.18. The minimum atomic E-state index is -0.267. The third-order valence-corrected chi connectivity index (χ3v) is 5.12. The predicted molar refractivity (Wildman–Crippen MR) is 104 cm³/mol. The molecule has 0 radical (unpaired) electrons. The van der Waals surface area contributed by atoms with Gasteiger partial charge in [0.05, 0.1) is 12.6 Å². The fourth-order valence-corrected chi connectivity index (χ4v) is 3.75. The van der Waals surface area contributed by atoms with Gasteiger partial charge in [0.15, 0.2) is 0 Å². The van der Waals surface area contributed by atoms with Crippen molar-refractivity contribution in [1.82, 2.24) is 15.2 Å². The third kappa shape index (κ3) is 4.18. The Bertz CT molecular complexity index is 868. The number of para-hydroxylation sites is 1. The predicted octanol–water partition coefficient (Wildman–Crippen LogP) is 2.46. The van der Waals surface area contributed by atoms with Crippen LogP contribution in [-0.2, 0) is 4.79 Å². The van der Waals surface area contributed by atoms with Crippen LogP contribution in [0, 0.1) is 0 Å². The standard InChI is InChI=1S/C21H24N4O2/c22-20(26)14-25-10-7-17(8-11-25)24-21(16-5-3-9-23-13-16)19-12-15-4-1-2-6-18(15)27-19/h1-6,9,12-13,17,21,24H,7-8,10-11,14H2,(H2,22,26)/t21-/m0/s1. The Balaban J connectivity index is 1.54. The Morgan fingerprint density at radius 3 is 2.78 bits per heavy atom. The number of nitrogens with one attached hydrogen (secondary N) is 1. The van der Waals surface area contributed by atoms with E-state index in [-0.39, 0.29) is 11.9 Å². The fourth-order valence-electron chi connectivity index (χ4n) is 3.75. The van der Waals surface area contributed by atoms with E-state index < -0.39 is 0 Å². The Morgan fingerprint density at radius 1 is 1.26 bits per heavy atom. The molecule has 3 heterocycles. The molecule has 3 N–H and O–H groups in total. The van der Waals surface area contributed by atoms with Crippen LogP contribution in [0.4, 0.5) is 0 Å². The highest BCUT2D eigenvalue weighted by Gasteiger charge is 2.26. The van der Waals surface area contributed by atoms with Gasteiger partial charge in [-0.1, -0.05) is 24.3 Å². The van der Waals surface area contributed by atoms with Crippen molar-refractivity contribution in [2.75, 3.05) is 19.6 Å². The Labute approximate surface area is 158 Å². The van der Waals surface area contributed by atoms with Crippen molar-refractivity contribution in [1.29, 1.82) is 0 Å². The van der Waals surface area contributed by atoms with Gasteiger partial charge in [-0.3, -0.25) is 14.7 Å². The summed E-state index contributed by atoms with van der Waals surface area (Å²) in [7, 11) is 0. The van der Waals surface area contributed by atoms with E-state index in [1.54, 1.807) is 6.20 Å². The van der Waals surface area contributed by atoms with E-state index in [2.05, 4.69) is 33.4 Å². The third-order valence-electron chi connectivity index (χ3n) is 5.12. The van der Waals surface area contributed by atoms with Gasteiger partial charge in [-0.15, -0.1) is 0 Å². The maximum absolute atomic E-state index is 11.1. The normalized spacial score (nSPS) is 17.2. The highest BCUT2D eigenvalue weighted by Crippen LogP contribution is 2.29. The van der Waals surface area contributed by atoms with Gasteiger partial charge >= 0.3 is 0 Å². The van der Waals surface area contributed by atoms with Crippen molar-refractivity contribution < 1.29 is 9.21 Å². The lowest BCUT2D eigenvalue weighted by Gasteiger charge is -2.33. The smallest absolute Gasteiger partial charge is 0.231 e. The molecule has 0 unspecified atom stereocenters. The molecule has 0 bridgehead atoms. The van der Waals surface area contributed by atoms with Crippen molar-refractivity contribution in [3.63, 3.8) is 0 Å². The van der Waals surface area contributed by atoms with E-state index in [1.807, 2.05) is 30.5 Å². The van der Waals surface area contributed by atoms with Crippen LogP contribution in [-0.4, -0.2) is 41.5 Å². The van der Waals surface area contributed by atoms with Gasteiger partial charge in [0.1, 0.15) is 11.3 Å². The molecule has 0 spiro atoms. The number of aromatic nitrogens is 1. The summed E-state index contributed by atoms with van der Waals surface area (Å²) >= 11 is 0. The number of nitrogens with two attached hydrogens (primary N) is 1. The number of rotatable bonds is 6.